The molecule has 0 unspecified atom stereocenters. The first-order valence-electron chi connectivity index (χ1n) is 4.74. The number of rotatable bonds is 2. The maximum atomic E-state index is 11.6. The van der Waals surface area contributed by atoms with Gasteiger partial charge in [0, 0.05) is 0 Å². The second kappa shape index (κ2) is 4.19. The summed E-state index contributed by atoms with van der Waals surface area (Å²) < 4.78 is 5.23. The molecule has 0 aromatic heterocycles. The lowest BCUT2D eigenvalue weighted by atomic mass is 10.2. The number of ether oxygens (including phenoxy) is 1. The molecule has 0 saturated heterocycles. The zero-order valence-electron chi connectivity index (χ0n) is 8.47. The van der Waals surface area contributed by atoms with Crippen molar-refractivity contribution in [3.63, 3.8) is 0 Å². The number of carbonyl (C=O) groups is 2. The topological polar surface area (TPSA) is 84.7 Å². The molecule has 0 aliphatic carbocycles. The number of hydrogen-bond acceptors (Lipinski definition) is 4. The maximum Gasteiger partial charge on any atom is 0.265 e. The number of nitrogens with zero attached hydrogens (tertiary/aromatic N) is 1. The van der Waals surface area contributed by atoms with Crippen LogP contribution in [0.5, 0.6) is 5.75 Å². The van der Waals surface area contributed by atoms with Gasteiger partial charge in [0.25, 0.3) is 11.8 Å². The molecule has 1 aliphatic rings. The number of nitrogens with two attached hydrogens (primary N) is 1. The molecule has 0 saturated carbocycles. The van der Waals surface area contributed by atoms with Crippen LogP contribution in [-0.2, 0) is 9.59 Å². The second-order valence-corrected chi connectivity index (χ2v) is 3.30. The smallest absolute Gasteiger partial charge is 0.265 e. The van der Waals surface area contributed by atoms with Crippen LogP contribution in [0.1, 0.15) is 0 Å². The second-order valence-electron chi connectivity index (χ2n) is 3.30. The van der Waals surface area contributed by atoms with Gasteiger partial charge in [-0.25, -0.2) is 5.84 Å². The molecule has 1 aromatic carbocycles. The Morgan fingerprint density at radius 1 is 1.50 bits per heavy atom. The van der Waals surface area contributed by atoms with Crippen LogP contribution < -0.4 is 20.9 Å². The summed E-state index contributed by atoms with van der Waals surface area (Å²) in [7, 11) is 0. The minimum Gasteiger partial charge on any atom is -0.482 e. The van der Waals surface area contributed by atoms with E-state index in [4.69, 9.17) is 10.6 Å². The first-order chi connectivity index (χ1) is 7.72. The minimum absolute atomic E-state index is 0.0607. The van der Waals surface area contributed by atoms with Crippen LogP contribution in [-0.4, -0.2) is 25.0 Å². The van der Waals surface area contributed by atoms with E-state index in [1.54, 1.807) is 24.3 Å². The van der Waals surface area contributed by atoms with Gasteiger partial charge in [0.05, 0.1) is 5.69 Å². The highest BCUT2D eigenvalue weighted by Crippen LogP contribution is 2.30. The summed E-state index contributed by atoms with van der Waals surface area (Å²) in [5.41, 5.74) is 2.58. The number of nitrogens with one attached hydrogen (secondary N) is 1. The van der Waals surface area contributed by atoms with Crippen LogP contribution in [0.15, 0.2) is 24.3 Å². The van der Waals surface area contributed by atoms with E-state index in [0.29, 0.717) is 11.4 Å². The van der Waals surface area contributed by atoms with Crippen LogP contribution in [0.3, 0.4) is 0 Å². The van der Waals surface area contributed by atoms with Crippen molar-refractivity contribution in [1.82, 2.24) is 5.43 Å². The zero-order chi connectivity index (χ0) is 11.5. The van der Waals surface area contributed by atoms with E-state index >= 15 is 0 Å². The summed E-state index contributed by atoms with van der Waals surface area (Å²) in [6, 6.07) is 7.04. The van der Waals surface area contributed by atoms with Crippen molar-refractivity contribution in [2.75, 3.05) is 18.1 Å². The Morgan fingerprint density at radius 3 is 3.00 bits per heavy atom. The van der Waals surface area contributed by atoms with Gasteiger partial charge in [-0.3, -0.25) is 19.9 Å². The molecule has 6 heteroatoms. The largest absolute Gasteiger partial charge is 0.482 e. The molecule has 1 heterocycles. The van der Waals surface area contributed by atoms with E-state index in [1.165, 1.54) is 4.90 Å². The molecule has 2 rings (SSSR count). The van der Waals surface area contributed by atoms with Crippen molar-refractivity contribution < 1.29 is 14.3 Å². The number of anilines is 1. The fourth-order valence-corrected chi connectivity index (χ4v) is 1.52. The molecule has 0 radical (unpaired) electrons. The average molecular weight is 221 g/mol. The number of amides is 2. The molecule has 2 amide bonds. The summed E-state index contributed by atoms with van der Waals surface area (Å²) >= 11 is 0. The lowest BCUT2D eigenvalue weighted by Crippen LogP contribution is -2.46. The molecule has 1 aromatic rings. The quantitative estimate of drug-likeness (QED) is 0.397. The third-order valence-electron chi connectivity index (χ3n) is 2.27. The van der Waals surface area contributed by atoms with E-state index in [2.05, 4.69) is 0 Å². The molecule has 3 N–H and O–H groups in total. The Kier molecular flexibility index (Phi) is 2.74. The van der Waals surface area contributed by atoms with Crippen LogP contribution >= 0.6 is 0 Å². The van der Waals surface area contributed by atoms with Crippen molar-refractivity contribution in [1.29, 1.82) is 0 Å². The first kappa shape index (κ1) is 10.4. The van der Waals surface area contributed by atoms with E-state index < -0.39 is 5.91 Å². The molecule has 1 aliphatic heterocycles. The Hall–Kier alpha value is -2.08. The van der Waals surface area contributed by atoms with Gasteiger partial charge in [-0.1, -0.05) is 12.1 Å². The van der Waals surface area contributed by atoms with Gasteiger partial charge in [-0.05, 0) is 12.1 Å². The third-order valence-corrected chi connectivity index (χ3v) is 2.27. The standard InChI is InChI=1S/C10H11N3O3/c11-12-9(14)5-13-7-3-1-2-4-8(7)16-6-10(13)15/h1-4H,5-6,11H2,(H,12,14). The van der Waals surface area contributed by atoms with Crippen LogP contribution in [0.4, 0.5) is 5.69 Å². The van der Waals surface area contributed by atoms with Gasteiger partial charge < -0.3 is 4.74 Å². The Morgan fingerprint density at radius 2 is 2.25 bits per heavy atom. The fraction of sp³-hybridized carbons (Fsp3) is 0.200. The van der Waals surface area contributed by atoms with Crippen molar-refractivity contribution in [3.8, 4) is 5.75 Å². The Labute approximate surface area is 91.9 Å². The summed E-state index contributed by atoms with van der Waals surface area (Å²) in [6.07, 6.45) is 0. The molecule has 16 heavy (non-hydrogen) atoms. The van der Waals surface area contributed by atoms with Crippen LogP contribution in [0.2, 0.25) is 0 Å². The monoisotopic (exact) mass is 221 g/mol. The van der Waals surface area contributed by atoms with Crippen molar-refractivity contribution in [2.24, 2.45) is 5.84 Å². The molecule has 0 fully saturated rings. The van der Waals surface area contributed by atoms with Gasteiger partial charge >= 0.3 is 0 Å². The summed E-state index contributed by atoms with van der Waals surface area (Å²) in [5.74, 6) is 4.89. The first-order valence-corrected chi connectivity index (χ1v) is 4.74. The molecule has 84 valence electrons. The van der Waals surface area contributed by atoms with Crippen molar-refractivity contribution >= 4 is 17.5 Å². The van der Waals surface area contributed by atoms with Crippen molar-refractivity contribution in [3.05, 3.63) is 24.3 Å². The van der Waals surface area contributed by atoms with E-state index in [-0.39, 0.29) is 19.1 Å². The number of fused-ring (bicyclic) bond motifs is 1. The molecular formula is C10H11N3O3. The fourth-order valence-electron chi connectivity index (χ4n) is 1.52. The van der Waals surface area contributed by atoms with Crippen molar-refractivity contribution in [2.45, 2.75) is 0 Å². The normalized spacial score (nSPS) is 14.1. The van der Waals surface area contributed by atoms with Crippen LogP contribution in [0, 0.1) is 0 Å². The molecule has 0 spiro atoms. The number of para-hydroxylation sites is 2. The molecule has 0 atom stereocenters. The van der Waals surface area contributed by atoms with Gasteiger partial charge in [-0.2, -0.15) is 0 Å². The highest BCUT2D eigenvalue weighted by atomic mass is 16.5. The maximum absolute atomic E-state index is 11.6. The van der Waals surface area contributed by atoms with Gasteiger partial charge in [0.2, 0.25) is 0 Å². The molecular weight excluding hydrogens is 210 g/mol. The number of benzene rings is 1. The predicted molar refractivity (Wildman–Crippen MR) is 56.6 cm³/mol. The van der Waals surface area contributed by atoms with Gasteiger partial charge in [-0.15, -0.1) is 0 Å². The van der Waals surface area contributed by atoms with Crippen LogP contribution in [0.25, 0.3) is 0 Å². The minimum atomic E-state index is -0.426. The number of hydrazine groups is 1. The molecule has 6 nitrogen and oxygen atoms in total. The van der Waals surface area contributed by atoms with Gasteiger partial charge in [0.1, 0.15) is 12.3 Å². The zero-order valence-corrected chi connectivity index (χ0v) is 8.47. The predicted octanol–water partition coefficient (Wildman–Crippen LogP) is -0.598. The highest BCUT2D eigenvalue weighted by molar-refractivity contribution is 6.01. The Bertz CT molecular complexity index is 433. The summed E-state index contributed by atoms with van der Waals surface area (Å²) in [6.45, 7) is -0.162. The number of carbonyl (C=O) groups excluding carboxylic acids is 2. The summed E-state index contributed by atoms with van der Waals surface area (Å²) in [5, 5.41) is 0. The Balaban J connectivity index is 2.29. The lowest BCUT2D eigenvalue weighted by molar-refractivity contribution is -0.125. The third kappa shape index (κ3) is 1.82. The van der Waals surface area contributed by atoms with E-state index in [1.807, 2.05) is 5.43 Å². The van der Waals surface area contributed by atoms with Gasteiger partial charge in [0.15, 0.2) is 6.61 Å². The highest BCUT2D eigenvalue weighted by Gasteiger charge is 2.26. The lowest BCUT2D eigenvalue weighted by Gasteiger charge is -2.28. The van der Waals surface area contributed by atoms with E-state index in [9.17, 15) is 9.59 Å². The SMILES string of the molecule is NNC(=O)CN1C(=O)COc2ccccc21. The summed E-state index contributed by atoms with van der Waals surface area (Å²) in [4.78, 5) is 24.1. The average Bonchev–Trinajstić information content (AvgIpc) is 2.32. The number of hydrogen-bond donors (Lipinski definition) is 2. The molecule has 0 bridgehead atoms. The van der Waals surface area contributed by atoms with E-state index in [0.717, 1.165) is 0 Å².